The Morgan fingerprint density at radius 2 is 1.40 bits per heavy atom. The van der Waals surface area contributed by atoms with E-state index in [0.29, 0.717) is 0 Å². The first-order valence-corrected chi connectivity index (χ1v) is 0.406. The van der Waals surface area contributed by atoms with Crippen molar-refractivity contribution in [2.24, 2.45) is 0 Å². The second-order valence-corrected chi connectivity index (χ2v) is 0. The van der Waals surface area contributed by atoms with Crippen LogP contribution in [0.25, 0.3) is 5.59 Å². The molecule has 0 radical (unpaired) electrons. The number of rotatable bonds is 0. The van der Waals surface area contributed by atoms with Gasteiger partial charge < -0.3 is 22.3 Å². The van der Waals surface area contributed by atoms with Crippen molar-refractivity contribution in [1.29, 1.82) is 5.26 Å². The van der Waals surface area contributed by atoms with Crippen LogP contribution in [0.2, 0.25) is 0 Å². The molecule has 0 aromatic carbocycles. The quantitative estimate of drug-likeness (QED) is 0.336. The van der Waals surface area contributed by atoms with Gasteiger partial charge in [0, 0.05) is 0 Å². The summed E-state index contributed by atoms with van der Waals surface area (Å²) in [6, 6.07) is 0. The molecule has 4 heteroatoms. The third kappa shape index (κ3) is 61.3. The summed E-state index contributed by atoms with van der Waals surface area (Å²) in [6.07, 6.45) is 0. The summed E-state index contributed by atoms with van der Waals surface area (Å²) in [4.78, 5) is 7.25. The van der Waals surface area contributed by atoms with Crippen LogP contribution in [-0.2, 0) is 17.1 Å². The summed E-state index contributed by atoms with van der Waals surface area (Å²) in [5.74, 6) is 0. The second kappa shape index (κ2) is 161. The first-order chi connectivity index (χ1) is 2.00. The van der Waals surface area contributed by atoms with Crippen molar-refractivity contribution in [3.63, 3.8) is 0 Å². The van der Waals surface area contributed by atoms with Crippen molar-refractivity contribution in [3.8, 4) is 0 Å². The molecule has 0 heterocycles. The molecule has 0 atom stereocenters. The van der Waals surface area contributed by atoms with Gasteiger partial charge in [-0.1, -0.05) is 0 Å². The summed E-state index contributed by atoms with van der Waals surface area (Å²) in [6.45, 7) is 4.75. The molecule has 0 N–H and O–H groups in total. The zero-order chi connectivity index (χ0) is 4.00. The van der Waals surface area contributed by atoms with Crippen molar-refractivity contribution in [2.75, 3.05) is 0 Å². The maximum Gasteiger partial charge on any atom is 2.00 e. The van der Waals surface area contributed by atoms with E-state index >= 15 is 0 Å². The summed E-state index contributed by atoms with van der Waals surface area (Å²) in [5.41, 5.74) is 5.75. The number of nitrogens with zero attached hydrogens (tertiary/aromatic N) is 2. The molecule has 0 aromatic rings. The molecular formula is CFeN2O. The summed E-state index contributed by atoms with van der Waals surface area (Å²) < 4.78 is 0. The van der Waals surface area contributed by atoms with Crippen molar-refractivity contribution >= 4 is 0 Å². The smallest absolute Gasteiger partial charge is 0.577 e. The van der Waals surface area contributed by atoms with Crippen LogP contribution >= 0.6 is 0 Å². The van der Waals surface area contributed by atoms with Crippen molar-refractivity contribution < 1.29 is 17.1 Å². The summed E-state index contributed by atoms with van der Waals surface area (Å²) in [7, 11) is 0. The Morgan fingerprint density at radius 3 is 1.40 bits per heavy atom. The van der Waals surface area contributed by atoms with Crippen LogP contribution in [0.4, 0.5) is 0 Å². The van der Waals surface area contributed by atoms with E-state index in [1.54, 1.807) is 0 Å². The van der Waals surface area contributed by atoms with Crippen LogP contribution in [0, 0.1) is 16.7 Å². The molecule has 0 spiro atoms. The van der Waals surface area contributed by atoms with Gasteiger partial charge in [0.05, 0.1) is 0 Å². The van der Waals surface area contributed by atoms with Gasteiger partial charge in [-0.05, 0) is 0 Å². The van der Waals surface area contributed by atoms with Gasteiger partial charge in [-0.2, -0.15) is 0 Å². The molecule has 0 aliphatic rings. The Morgan fingerprint density at radius 1 is 1.40 bits per heavy atom. The van der Waals surface area contributed by atoms with Gasteiger partial charge >= 0.3 is 17.1 Å². The monoisotopic (exact) mass is 112 g/mol. The van der Waals surface area contributed by atoms with Crippen molar-refractivity contribution in [2.45, 2.75) is 0 Å². The Labute approximate surface area is 40.2 Å². The molecular weight excluding hydrogens is 112 g/mol. The molecule has 0 aliphatic carbocycles. The number of hydrogen-bond donors (Lipinski definition) is 0. The second-order valence-electron chi connectivity index (χ2n) is 0. The molecule has 0 aliphatic heterocycles. The van der Waals surface area contributed by atoms with E-state index in [-0.39, 0.29) is 17.1 Å². The molecule has 5 heavy (non-hydrogen) atoms. The van der Waals surface area contributed by atoms with Crippen LogP contribution in [0.3, 0.4) is 0 Å². The van der Waals surface area contributed by atoms with Gasteiger partial charge in [-0.3, -0.25) is 0 Å². The Balaban J connectivity index is -0.0000000133. The van der Waals surface area contributed by atoms with Gasteiger partial charge in [0.25, 0.3) is 0 Å². The average Bonchev–Trinajstić information content (AvgIpc) is 1.50. The maximum atomic E-state index is 7.25. The predicted octanol–water partition coefficient (Wildman–Crippen LogP) is 0.416. The fourth-order valence-corrected chi connectivity index (χ4v) is 0. The van der Waals surface area contributed by atoms with Crippen LogP contribution in [-0.4, -0.2) is 0 Å². The fourth-order valence-electron chi connectivity index (χ4n) is 0. The first-order valence-electron chi connectivity index (χ1n) is 0.406. The predicted molar refractivity (Wildman–Crippen MR) is 11.7 cm³/mol. The molecule has 28 valence electrons. The molecule has 0 saturated carbocycles. The SMILES string of the molecule is [C-]#N.[Fe+2].[N-]=O. The topological polar surface area (TPSA) is 63.2 Å². The Bertz CT molecular complexity index is 20.9. The Kier molecular flexibility index (Phi) is 747. The molecule has 0 fully saturated rings. The Hall–Kier alpha value is -0.391. The van der Waals surface area contributed by atoms with E-state index in [1.165, 1.54) is 0 Å². The molecule has 0 amide bonds. The van der Waals surface area contributed by atoms with E-state index in [1.807, 2.05) is 0 Å². The standard InChI is InChI=1S/CN.Fe.NO/c1-2;;1-2/q-1;+2;-1. The van der Waals surface area contributed by atoms with Crippen LogP contribution < -0.4 is 0 Å². The minimum Gasteiger partial charge on any atom is -0.577 e. The maximum absolute atomic E-state index is 7.25. The minimum atomic E-state index is 0. The average molecular weight is 112 g/mol. The van der Waals surface area contributed by atoms with E-state index in [0.717, 1.165) is 0 Å². The largest absolute Gasteiger partial charge is 2.00 e. The van der Waals surface area contributed by atoms with Crippen molar-refractivity contribution in [1.82, 2.24) is 0 Å². The molecule has 3 nitrogen and oxygen atoms in total. The summed E-state index contributed by atoms with van der Waals surface area (Å²) >= 11 is 0. The third-order valence-electron chi connectivity index (χ3n) is 0. The number of nitroso groups, excluding NO2 is 1. The van der Waals surface area contributed by atoms with Crippen LogP contribution in [0.5, 0.6) is 0 Å². The van der Waals surface area contributed by atoms with Gasteiger partial charge in [0.1, 0.15) is 0 Å². The first kappa shape index (κ1) is 23.2. The van der Waals surface area contributed by atoms with Gasteiger partial charge in [-0.15, -0.1) is 0 Å². The minimum absolute atomic E-state index is 0. The molecule has 0 saturated heterocycles. The van der Waals surface area contributed by atoms with Crippen molar-refractivity contribution in [3.05, 3.63) is 17.1 Å². The van der Waals surface area contributed by atoms with Gasteiger partial charge in [-0.25, -0.2) is 0 Å². The summed E-state index contributed by atoms with van der Waals surface area (Å²) in [5, 5.41) is 6.25. The van der Waals surface area contributed by atoms with E-state index < -0.39 is 0 Å². The van der Waals surface area contributed by atoms with Gasteiger partial charge in [0.2, 0.25) is 0 Å². The third-order valence-corrected chi connectivity index (χ3v) is 0. The van der Waals surface area contributed by atoms with E-state index in [2.05, 4.69) is 0 Å². The molecule has 0 aromatic heterocycles. The molecule has 0 rings (SSSR count). The molecule has 0 bridgehead atoms. The van der Waals surface area contributed by atoms with Gasteiger partial charge in [0.15, 0.2) is 0 Å². The normalized spacial score (nSPS) is 1.20. The fraction of sp³-hybridized carbons (Fsp3) is 0. The number of hydrogen-bond acceptors (Lipinski definition) is 2. The zero-order valence-electron chi connectivity index (χ0n) is 2.16. The molecule has 0 unspecified atom stereocenters. The van der Waals surface area contributed by atoms with Crippen LogP contribution in [0.1, 0.15) is 0 Å². The van der Waals surface area contributed by atoms with E-state index in [9.17, 15) is 0 Å². The zero-order valence-corrected chi connectivity index (χ0v) is 3.26. The van der Waals surface area contributed by atoms with Crippen LogP contribution in [0.15, 0.2) is 0 Å². The van der Waals surface area contributed by atoms with E-state index in [4.69, 9.17) is 22.3 Å².